The van der Waals surface area contributed by atoms with Gasteiger partial charge in [0.15, 0.2) is 0 Å². The number of carboxylic acids is 1. The highest BCUT2D eigenvalue weighted by Crippen LogP contribution is 2.21. The Morgan fingerprint density at radius 2 is 2.00 bits per heavy atom. The topological polar surface area (TPSA) is 37.3 Å². The molecule has 1 rings (SSSR count). The van der Waals surface area contributed by atoms with Gasteiger partial charge >= 0.3 is 5.97 Å². The zero-order valence-corrected chi connectivity index (χ0v) is 8.16. The maximum atomic E-state index is 10.8. The minimum Gasteiger partial charge on any atom is -0.481 e. The minimum atomic E-state index is -0.770. The summed E-state index contributed by atoms with van der Waals surface area (Å²) in [6.45, 7) is 5.67. The SMILES string of the molecule is Cc1cccc(C(C)C(=O)O)c1C. The lowest BCUT2D eigenvalue weighted by Crippen LogP contribution is -2.09. The predicted molar refractivity (Wildman–Crippen MR) is 52.0 cm³/mol. The van der Waals surface area contributed by atoms with Gasteiger partial charge in [-0.2, -0.15) is 0 Å². The summed E-state index contributed by atoms with van der Waals surface area (Å²) >= 11 is 0. The lowest BCUT2D eigenvalue weighted by atomic mass is 9.94. The average Bonchev–Trinajstić information content (AvgIpc) is 2.08. The van der Waals surface area contributed by atoms with Gasteiger partial charge < -0.3 is 5.11 Å². The van der Waals surface area contributed by atoms with Gasteiger partial charge in [-0.15, -0.1) is 0 Å². The first kappa shape index (κ1) is 9.78. The highest BCUT2D eigenvalue weighted by Gasteiger charge is 2.15. The van der Waals surface area contributed by atoms with Gasteiger partial charge in [-0.1, -0.05) is 18.2 Å². The third-order valence-electron chi connectivity index (χ3n) is 2.48. The summed E-state index contributed by atoms with van der Waals surface area (Å²) in [5.74, 6) is -1.19. The summed E-state index contributed by atoms with van der Waals surface area (Å²) in [6.07, 6.45) is 0. The molecule has 13 heavy (non-hydrogen) atoms. The van der Waals surface area contributed by atoms with E-state index < -0.39 is 11.9 Å². The highest BCUT2D eigenvalue weighted by atomic mass is 16.4. The van der Waals surface area contributed by atoms with Crippen LogP contribution in [0.4, 0.5) is 0 Å². The molecule has 0 heterocycles. The maximum Gasteiger partial charge on any atom is 0.310 e. The second-order valence-corrected chi connectivity index (χ2v) is 3.35. The standard InChI is InChI=1S/C11H14O2/c1-7-5-4-6-10(8(7)2)9(3)11(12)13/h4-6,9H,1-3H3,(H,12,13). The van der Waals surface area contributed by atoms with Gasteiger partial charge in [-0.05, 0) is 37.5 Å². The third kappa shape index (κ3) is 1.89. The van der Waals surface area contributed by atoms with Crippen molar-refractivity contribution < 1.29 is 9.90 Å². The largest absolute Gasteiger partial charge is 0.481 e. The van der Waals surface area contributed by atoms with Crippen molar-refractivity contribution >= 4 is 5.97 Å². The molecule has 1 aromatic carbocycles. The van der Waals surface area contributed by atoms with Crippen LogP contribution in [0.3, 0.4) is 0 Å². The van der Waals surface area contributed by atoms with E-state index in [2.05, 4.69) is 0 Å². The molecule has 0 saturated heterocycles. The van der Waals surface area contributed by atoms with Gasteiger partial charge in [0.25, 0.3) is 0 Å². The van der Waals surface area contributed by atoms with Gasteiger partial charge in [0, 0.05) is 0 Å². The van der Waals surface area contributed by atoms with E-state index in [0.717, 1.165) is 16.7 Å². The molecular weight excluding hydrogens is 164 g/mol. The zero-order chi connectivity index (χ0) is 10.0. The number of aryl methyl sites for hydroxylation is 1. The zero-order valence-electron chi connectivity index (χ0n) is 8.16. The average molecular weight is 178 g/mol. The van der Waals surface area contributed by atoms with Crippen molar-refractivity contribution in [2.45, 2.75) is 26.7 Å². The second-order valence-electron chi connectivity index (χ2n) is 3.35. The molecule has 0 spiro atoms. The van der Waals surface area contributed by atoms with E-state index in [9.17, 15) is 4.79 Å². The van der Waals surface area contributed by atoms with E-state index >= 15 is 0 Å². The van der Waals surface area contributed by atoms with Crippen molar-refractivity contribution in [1.29, 1.82) is 0 Å². The first-order chi connectivity index (χ1) is 6.04. The van der Waals surface area contributed by atoms with Crippen LogP contribution in [0, 0.1) is 13.8 Å². The van der Waals surface area contributed by atoms with Crippen molar-refractivity contribution in [3.05, 3.63) is 34.9 Å². The first-order valence-corrected chi connectivity index (χ1v) is 4.33. The lowest BCUT2D eigenvalue weighted by Gasteiger charge is -2.11. The predicted octanol–water partition coefficient (Wildman–Crippen LogP) is 2.49. The van der Waals surface area contributed by atoms with Crippen LogP contribution in [0.1, 0.15) is 29.5 Å². The Labute approximate surface area is 78.2 Å². The van der Waals surface area contributed by atoms with E-state index in [1.165, 1.54) is 0 Å². The second kappa shape index (κ2) is 3.60. The first-order valence-electron chi connectivity index (χ1n) is 4.33. The minimum absolute atomic E-state index is 0.417. The molecule has 1 atom stereocenters. The molecule has 0 aliphatic rings. The van der Waals surface area contributed by atoms with Crippen molar-refractivity contribution in [3.63, 3.8) is 0 Å². The Bertz CT molecular complexity index is 329. The molecule has 1 aromatic rings. The maximum absolute atomic E-state index is 10.8. The third-order valence-corrected chi connectivity index (χ3v) is 2.48. The van der Waals surface area contributed by atoms with Crippen molar-refractivity contribution in [3.8, 4) is 0 Å². The van der Waals surface area contributed by atoms with Crippen molar-refractivity contribution in [2.75, 3.05) is 0 Å². The molecule has 70 valence electrons. The Balaban J connectivity index is 3.15. The fraction of sp³-hybridized carbons (Fsp3) is 0.364. The number of rotatable bonds is 2. The molecule has 2 nitrogen and oxygen atoms in total. The number of aliphatic carboxylic acids is 1. The summed E-state index contributed by atoms with van der Waals surface area (Å²) in [4.78, 5) is 10.8. The monoisotopic (exact) mass is 178 g/mol. The van der Waals surface area contributed by atoms with Crippen LogP contribution in [-0.2, 0) is 4.79 Å². The Morgan fingerprint density at radius 1 is 1.38 bits per heavy atom. The molecule has 0 aliphatic carbocycles. The number of benzene rings is 1. The molecule has 0 bridgehead atoms. The number of carboxylic acid groups (broad SMARTS) is 1. The van der Waals surface area contributed by atoms with Crippen LogP contribution < -0.4 is 0 Å². The van der Waals surface area contributed by atoms with Crippen molar-refractivity contribution in [2.24, 2.45) is 0 Å². The Morgan fingerprint density at radius 3 is 2.54 bits per heavy atom. The summed E-state index contributed by atoms with van der Waals surface area (Å²) in [6, 6.07) is 5.77. The van der Waals surface area contributed by atoms with Gasteiger partial charge in [-0.25, -0.2) is 0 Å². The fourth-order valence-electron chi connectivity index (χ4n) is 1.38. The van der Waals surface area contributed by atoms with E-state index in [4.69, 9.17) is 5.11 Å². The van der Waals surface area contributed by atoms with Crippen LogP contribution in [0.5, 0.6) is 0 Å². The number of hydrogen-bond donors (Lipinski definition) is 1. The summed E-state index contributed by atoms with van der Waals surface area (Å²) < 4.78 is 0. The van der Waals surface area contributed by atoms with E-state index in [1.54, 1.807) is 6.92 Å². The molecule has 0 aromatic heterocycles. The summed E-state index contributed by atoms with van der Waals surface area (Å²) in [7, 11) is 0. The normalized spacial score (nSPS) is 12.5. The van der Waals surface area contributed by atoms with Gasteiger partial charge in [-0.3, -0.25) is 4.79 Å². The van der Waals surface area contributed by atoms with Crippen LogP contribution in [0.15, 0.2) is 18.2 Å². The van der Waals surface area contributed by atoms with Crippen molar-refractivity contribution in [1.82, 2.24) is 0 Å². The fourth-order valence-corrected chi connectivity index (χ4v) is 1.38. The van der Waals surface area contributed by atoms with Crippen LogP contribution in [-0.4, -0.2) is 11.1 Å². The molecule has 0 saturated carbocycles. The van der Waals surface area contributed by atoms with Crippen LogP contribution in [0.2, 0.25) is 0 Å². The van der Waals surface area contributed by atoms with E-state index in [1.807, 2.05) is 32.0 Å². The van der Waals surface area contributed by atoms with E-state index in [-0.39, 0.29) is 0 Å². The Kier molecular flexibility index (Phi) is 2.71. The summed E-state index contributed by atoms with van der Waals surface area (Å²) in [5, 5.41) is 8.85. The highest BCUT2D eigenvalue weighted by molar-refractivity contribution is 5.76. The molecule has 0 radical (unpaired) electrons. The Hall–Kier alpha value is -1.31. The quantitative estimate of drug-likeness (QED) is 0.755. The lowest BCUT2D eigenvalue weighted by molar-refractivity contribution is -0.138. The molecule has 0 fully saturated rings. The molecular formula is C11H14O2. The van der Waals surface area contributed by atoms with Gasteiger partial charge in [0.05, 0.1) is 5.92 Å². The van der Waals surface area contributed by atoms with Crippen LogP contribution >= 0.6 is 0 Å². The molecule has 0 aliphatic heterocycles. The molecule has 0 amide bonds. The van der Waals surface area contributed by atoms with E-state index in [0.29, 0.717) is 0 Å². The number of carbonyl (C=O) groups is 1. The van der Waals surface area contributed by atoms with Crippen LogP contribution in [0.25, 0.3) is 0 Å². The molecule has 2 heteroatoms. The smallest absolute Gasteiger partial charge is 0.310 e. The summed E-state index contributed by atoms with van der Waals surface area (Å²) in [5.41, 5.74) is 3.13. The van der Waals surface area contributed by atoms with Gasteiger partial charge in [0.1, 0.15) is 0 Å². The molecule has 1 unspecified atom stereocenters. The molecule has 1 N–H and O–H groups in total. The number of hydrogen-bond acceptors (Lipinski definition) is 1. The van der Waals surface area contributed by atoms with Gasteiger partial charge in [0.2, 0.25) is 0 Å².